The second-order valence-electron chi connectivity index (χ2n) is 5.42. The second-order valence-corrected chi connectivity index (χ2v) is 5.42. The number of nitrogens with zero attached hydrogens (tertiary/aromatic N) is 4. The van der Waals surface area contributed by atoms with Gasteiger partial charge in [0.1, 0.15) is 11.5 Å². The Bertz CT molecular complexity index is 432. The van der Waals surface area contributed by atoms with Gasteiger partial charge in [0.15, 0.2) is 0 Å². The molecule has 1 aromatic heterocycles. The number of rotatable bonds is 8. The van der Waals surface area contributed by atoms with Gasteiger partial charge in [-0.2, -0.15) is 0 Å². The lowest BCUT2D eigenvalue weighted by Gasteiger charge is -2.29. The number of nitrogens with one attached hydrogen (secondary N) is 1. The number of amides is 1. The van der Waals surface area contributed by atoms with Crippen LogP contribution in [-0.4, -0.2) is 65.4 Å². The fraction of sp³-hybridized carbons (Fsp3) is 0.667. The van der Waals surface area contributed by atoms with Gasteiger partial charge in [0.05, 0.1) is 12.4 Å². The average Bonchev–Trinajstić information content (AvgIpc) is 2.45. The van der Waals surface area contributed by atoms with E-state index >= 15 is 0 Å². The molecular weight excluding hydrogens is 266 g/mol. The third-order valence-electron chi connectivity index (χ3n) is 3.19. The van der Waals surface area contributed by atoms with Crippen molar-refractivity contribution in [1.82, 2.24) is 19.8 Å². The Morgan fingerprint density at radius 1 is 1.29 bits per heavy atom. The number of carbonyl (C=O) groups excluding carboxylic acids is 1. The molecule has 0 spiro atoms. The molecule has 0 aliphatic heterocycles. The summed E-state index contributed by atoms with van der Waals surface area (Å²) in [5.74, 6) is 0.638. The highest BCUT2D eigenvalue weighted by Crippen LogP contribution is 2.08. The van der Waals surface area contributed by atoms with Gasteiger partial charge >= 0.3 is 0 Å². The summed E-state index contributed by atoms with van der Waals surface area (Å²) in [5, 5.41) is 3.15. The molecule has 0 saturated heterocycles. The maximum Gasteiger partial charge on any atom is 0.274 e. The molecule has 1 N–H and O–H groups in total. The maximum absolute atomic E-state index is 12.5. The summed E-state index contributed by atoms with van der Waals surface area (Å²) < 4.78 is 0. The van der Waals surface area contributed by atoms with Crippen LogP contribution in [0, 0.1) is 0 Å². The molecule has 1 rings (SSSR count). The summed E-state index contributed by atoms with van der Waals surface area (Å²) in [6.45, 7) is 8.45. The summed E-state index contributed by atoms with van der Waals surface area (Å²) >= 11 is 0. The molecule has 1 amide bonds. The van der Waals surface area contributed by atoms with Crippen LogP contribution in [0.5, 0.6) is 0 Å². The quantitative estimate of drug-likeness (QED) is 0.790. The Morgan fingerprint density at radius 2 is 2.00 bits per heavy atom. The first kappa shape index (κ1) is 17.4. The molecule has 0 aliphatic rings. The van der Waals surface area contributed by atoms with Crippen molar-refractivity contribution in [2.45, 2.75) is 33.2 Å². The Labute approximate surface area is 127 Å². The van der Waals surface area contributed by atoms with Gasteiger partial charge in [-0.3, -0.25) is 4.79 Å². The number of carbonyl (C=O) groups is 1. The maximum atomic E-state index is 12.5. The molecule has 0 fully saturated rings. The summed E-state index contributed by atoms with van der Waals surface area (Å²) in [4.78, 5) is 24.9. The predicted octanol–water partition coefficient (Wildman–Crippen LogP) is 1.71. The summed E-state index contributed by atoms with van der Waals surface area (Å²) in [6.07, 6.45) is 4.19. The second kappa shape index (κ2) is 8.56. The molecule has 0 saturated carbocycles. The first-order chi connectivity index (χ1) is 9.99. The Kier molecular flexibility index (Phi) is 7.08. The Hall–Kier alpha value is -1.69. The molecule has 6 heteroatoms. The van der Waals surface area contributed by atoms with Crippen LogP contribution in [0.25, 0.3) is 0 Å². The van der Waals surface area contributed by atoms with Gasteiger partial charge < -0.3 is 15.1 Å². The van der Waals surface area contributed by atoms with Crippen molar-refractivity contribution in [2.75, 3.05) is 39.0 Å². The first-order valence-corrected chi connectivity index (χ1v) is 7.51. The van der Waals surface area contributed by atoms with Gasteiger partial charge in [0.25, 0.3) is 5.91 Å². The zero-order valence-corrected chi connectivity index (χ0v) is 13.8. The summed E-state index contributed by atoms with van der Waals surface area (Å²) in [7, 11) is 4.01. The molecule has 1 heterocycles. The van der Waals surface area contributed by atoms with Gasteiger partial charge in [0.2, 0.25) is 0 Å². The number of likely N-dealkylation sites (N-methyl/N-ethyl adjacent to an activating group) is 2. The smallest absolute Gasteiger partial charge is 0.274 e. The van der Waals surface area contributed by atoms with Crippen LogP contribution in [0.15, 0.2) is 12.4 Å². The zero-order valence-electron chi connectivity index (χ0n) is 13.8. The van der Waals surface area contributed by atoms with Crippen LogP contribution < -0.4 is 5.32 Å². The van der Waals surface area contributed by atoms with Crippen LogP contribution in [0.4, 0.5) is 5.82 Å². The minimum atomic E-state index is -0.0682. The summed E-state index contributed by atoms with van der Waals surface area (Å²) in [6, 6.07) is 0.136. The van der Waals surface area contributed by atoms with Crippen LogP contribution in [0.1, 0.15) is 37.7 Å². The largest absolute Gasteiger partial charge is 0.369 e. The third-order valence-corrected chi connectivity index (χ3v) is 3.19. The summed E-state index contributed by atoms with van der Waals surface area (Å²) in [5.41, 5.74) is 0.393. The molecule has 21 heavy (non-hydrogen) atoms. The molecule has 0 radical (unpaired) electrons. The van der Waals surface area contributed by atoms with Crippen molar-refractivity contribution in [3.05, 3.63) is 18.1 Å². The highest BCUT2D eigenvalue weighted by Gasteiger charge is 2.21. The van der Waals surface area contributed by atoms with Crippen molar-refractivity contribution < 1.29 is 4.79 Å². The van der Waals surface area contributed by atoms with Gasteiger partial charge in [-0.25, -0.2) is 9.97 Å². The normalized spacial score (nSPS) is 12.3. The Balaban J connectivity index is 2.75. The number of aromatic nitrogens is 2. The van der Waals surface area contributed by atoms with E-state index in [4.69, 9.17) is 0 Å². The van der Waals surface area contributed by atoms with E-state index in [1.54, 1.807) is 12.4 Å². The fourth-order valence-corrected chi connectivity index (χ4v) is 2.21. The van der Waals surface area contributed by atoms with Crippen LogP contribution >= 0.6 is 0 Å². The average molecular weight is 293 g/mol. The number of anilines is 1. The monoisotopic (exact) mass is 293 g/mol. The van der Waals surface area contributed by atoms with Gasteiger partial charge in [0, 0.05) is 25.7 Å². The third kappa shape index (κ3) is 5.30. The van der Waals surface area contributed by atoms with E-state index in [0.717, 1.165) is 19.5 Å². The van der Waals surface area contributed by atoms with Crippen LogP contribution in [-0.2, 0) is 0 Å². The van der Waals surface area contributed by atoms with E-state index in [1.807, 2.05) is 32.8 Å². The van der Waals surface area contributed by atoms with Crippen molar-refractivity contribution in [1.29, 1.82) is 0 Å². The molecule has 0 aliphatic carbocycles. The van der Waals surface area contributed by atoms with Crippen LogP contribution in [0.3, 0.4) is 0 Å². The lowest BCUT2D eigenvalue weighted by atomic mass is 10.2. The molecule has 6 nitrogen and oxygen atoms in total. The van der Waals surface area contributed by atoms with Crippen molar-refractivity contribution in [3.8, 4) is 0 Å². The van der Waals surface area contributed by atoms with Gasteiger partial charge in [-0.15, -0.1) is 0 Å². The fourth-order valence-electron chi connectivity index (χ4n) is 2.21. The zero-order chi connectivity index (χ0) is 15.8. The van der Waals surface area contributed by atoms with Crippen molar-refractivity contribution in [3.63, 3.8) is 0 Å². The molecule has 1 atom stereocenters. The molecule has 1 aromatic rings. The predicted molar refractivity (Wildman–Crippen MR) is 85.5 cm³/mol. The molecule has 118 valence electrons. The van der Waals surface area contributed by atoms with Crippen molar-refractivity contribution in [2.24, 2.45) is 0 Å². The van der Waals surface area contributed by atoms with Crippen LogP contribution in [0.2, 0.25) is 0 Å². The highest BCUT2D eigenvalue weighted by atomic mass is 16.2. The van der Waals surface area contributed by atoms with Crippen molar-refractivity contribution >= 4 is 11.7 Å². The van der Waals surface area contributed by atoms with E-state index in [0.29, 0.717) is 18.1 Å². The van der Waals surface area contributed by atoms with E-state index in [2.05, 4.69) is 27.1 Å². The molecule has 1 unspecified atom stereocenters. The number of hydrogen-bond acceptors (Lipinski definition) is 5. The molecule has 0 bridgehead atoms. The SMILES string of the molecule is CCCNc1cnc(C(=O)N(CC)C(C)CN(C)C)cn1. The van der Waals surface area contributed by atoms with E-state index < -0.39 is 0 Å². The standard InChI is InChI=1S/C15H27N5O/c1-6-8-16-14-10-17-13(9-18-14)15(21)20(7-2)12(3)11-19(4)5/h9-10,12H,6-8,11H2,1-5H3,(H,16,18). The van der Waals surface area contributed by atoms with E-state index in [9.17, 15) is 4.79 Å². The lowest BCUT2D eigenvalue weighted by molar-refractivity contribution is 0.0672. The molecule has 0 aromatic carbocycles. The topological polar surface area (TPSA) is 61.4 Å². The van der Waals surface area contributed by atoms with E-state index in [-0.39, 0.29) is 11.9 Å². The minimum Gasteiger partial charge on any atom is -0.369 e. The first-order valence-electron chi connectivity index (χ1n) is 7.51. The highest BCUT2D eigenvalue weighted by molar-refractivity contribution is 5.92. The molecular formula is C15H27N5O. The van der Waals surface area contributed by atoms with E-state index in [1.165, 1.54) is 0 Å². The minimum absolute atomic E-state index is 0.0682. The lowest BCUT2D eigenvalue weighted by Crippen LogP contribution is -2.44. The van der Waals surface area contributed by atoms with Gasteiger partial charge in [-0.05, 0) is 34.4 Å². The number of hydrogen-bond donors (Lipinski definition) is 1. The van der Waals surface area contributed by atoms with Gasteiger partial charge in [-0.1, -0.05) is 6.92 Å². The Morgan fingerprint density at radius 3 is 2.48 bits per heavy atom.